The number of rotatable bonds is 2. The average Bonchev–Trinajstić information content (AvgIpc) is 2.46. The largest absolute Gasteiger partial charge is 0.341 e. The molecule has 0 atom stereocenters. The molecule has 0 saturated heterocycles. The van der Waals surface area contributed by atoms with E-state index in [1.54, 1.807) is 30.3 Å². The van der Waals surface area contributed by atoms with Crippen LogP contribution in [0, 0.1) is 11.8 Å². The Kier molecular flexibility index (Phi) is 5.69. The molecule has 0 spiro atoms. The summed E-state index contributed by atoms with van der Waals surface area (Å²) in [6.45, 7) is 0.230. The van der Waals surface area contributed by atoms with Gasteiger partial charge in [0.2, 0.25) is 0 Å². The molecule has 0 saturated carbocycles. The number of halogens is 3. The molecule has 5 heteroatoms. The molecule has 21 heavy (non-hydrogen) atoms. The predicted octanol–water partition coefficient (Wildman–Crippen LogP) is 4.54. The van der Waals surface area contributed by atoms with Gasteiger partial charge in [-0.15, -0.1) is 0 Å². The zero-order valence-corrected chi connectivity index (χ0v) is 13.9. The molecule has 1 N–H and O–H groups in total. The van der Waals surface area contributed by atoms with Crippen LogP contribution in [0.25, 0.3) is 0 Å². The van der Waals surface area contributed by atoms with Gasteiger partial charge in [-0.05, 0) is 36.4 Å². The molecule has 106 valence electrons. The molecular weight excluding hydrogens is 373 g/mol. The third-order valence-electron chi connectivity index (χ3n) is 2.57. The van der Waals surface area contributed by atoms with Gasteiger partial charge >= 0.3 is 0 Å². The second kappa shape index (κ2) is 7.51. The smallest absolute Gasteiger partial charge is 0.253 e. The normalized spacial score (nSPS) is 9.67. The summed E-state index contributed by atoms with van der Waals surface area (Å²) in [4.78, 5) is 12.0. The molecule has 0 radical (unpaired) electrons. The van der Waals surface area contributed by atoms with Gasteiger partial charge < -0.3 is 5.32 Å². The summed E-state index contributed by atoms with van der Waals surface area (Å²) >= 11 is 15.2. The average molecular weight is 383 g/mol. The first-order valence-corrected chi connectivity index (χ1v) is 7.59. The number of nitrogens with one attached hydrogen (secondary N) is 1. The SMILES string of the molecule is O=C(NCC#Cc1cccc(Cl)c1)c1cc(Br)ccc1Cl. The van der Waals surface area contributed by atoms with Crippen LogP contribution >= 0.6 is 39.1 Å². The maximum Gasteiger partial charge on any atom is 0.253 e. The summed E-state index contributed by atoms with van der Waals surface area (Å²) in [7, 11) is 0. The van der Waals surface area contributed by atoms with E-state index in [2.05, 4.69) is 33.1 Å². The minimum Gasteiger partial charge on any atom is -0.341 e. The van der Waals surface area contributed by atoms with Gasteiger partial charge in [-0.3, -0.25) is 4.79 Å². The van der Waals surface area contributed by atoms with E-state index in [0.717, 1.165) is 10.0 Å². The Labute approximate surface area is 141 Å². The maximum absolute atomic E-state index is 12.0. The van der Waals surface area contributed by atoms with Gasteiger partial charge in [0.1, 0.15) is 0 Å². The monoisotopic (exact) mass is 381 g/mol. The van der Waals surface area contributed by atoms with Gasteiger partial charge in [0.15, 0.2) is 0 Å². The Bertz CT molecular complexity index is 735. The van der Waals surface area contributed by atoms with Gasteiger partial charge in [-0.2, -0.15) is 0 Å². The number of hydrogen-bond acceptors (Lipinski definition) is 1. The van der Waals surface area contributed by atoms with Crippen LogP contribution in [0.2, 0.25) is 10.0 Å². The number of amides is 1. The summed E-state index contributed by atoms with van der Waals surface area (Å²) < 4.78 is 0.794. The fourth-order valence-electron chi connectivity index (χ4n) is 1.60. The van der Waals surface area contributed by atoms with Gasteiger partial charge in [0.25, 0.3) is 5.91 Å². The minimum absolute atomic E-state index is 0.230. The van der Waals surface area contributed by atoms with Crippen molar-refractivity contribution < 1.29 is 4.79 Å². The summed E-state index contributed by atoms with van der Waals surface area (Å²) in [5.74, 6) is 5.53. The Morgan fingerprint density at radius 3 is 2.76 bits per heavy atom. The highest BCUT2D eigenvalue weighted by Crippen LogP contribution is 2.20. The predicted molar refractivity (Wildman–Crippen MR) is 89.8 cm³/mol. The molecule has 2 rings (SSSR count). The van der Waals surface area contributed by atoms with Crippen LogP contribution in [-0.4, -0.2) is 12.5 Å². The summed E-state index contributed by atoms with van der Waals surface area (Å²) in [6.07, 6.45) is 0. The fourth-order valence-corrected chi connectivity index (χ4v) is 2.36. The van der Waals surface area contributed by atoms with Crippen LogP contribution < -0.4 is 5.32 Å². The Hall–Kier alpha value is -1.47. The van der Waals surface area contributed by atoms with Crippen molar-refractivity contribution in [2.24, 2.45) is 0 Å². The second-order valence-corrected chi connectivity index (χ2v) is 5.88. The first-order chi connectivity index (χ1) is 10.1. The summed E-state index contributed by atoms with van der Waals surface area (Å²) in [5.41, 5.74) is 1.22. The maximum atomic E-state index is 12.0. The van der Waals surface area contributed by atoms with Gasteiger partial charge in [-0.1, -0.05) is 57.0 Å². The molecule has 0 fully saturated rings. The molecule has 2 nitrogen and oxygen atoms in total. The Morgan fingerprint density at radius 2 is 2.00 bits per heavy atom. The lowest BCUT2D eigenvalue weighted by Gasteiger charge is -2.04. The van der Waals surface area contributed by atoms with E-state index in [0.29, 0.717) is 15.6 Å². The van der Waals surface area contributed by atoms with Crippen molar-refractivity contribution in [2.75, 3.05) is 6.54 Å². The van der Waals surface area contributed by atoms with Crippen LogP contribution in [0.5, 0.6) is 0 Å². The van der Waals surface area contributed by atoms with E-state index < -0.39 is 0 Å². The first kappa shape index (κ1) is 15.9. The van der Waals surface area contributed by atoms with Crippen molar-refractivity contribution in [1.29, 1.82) is 0 Å². The standard InChI is InChI=1S/C16H10BrCl2NO/c17-12-6-7-15(19)14(10-12)16(21)20-8-2-4-11-3-1-5-13(18)9-11/h1,3,5-7,9-10H,8H2,(H,20,21). The van der Waals surface area contributed by atoms with Crippen LogP contribution in [-0.2, 0) is 0 Å². The molecule has 0 heterocycles. The molecule has 0 aliphatic carbocycles. The highest BCUT2D eigenvalue weighted by atomic mass is 79.9. The molecule has 2 aromatic carbocycles. The van der Waals surface area contributed by atoms with Crippen molar-refractivity contribution in [3.8, 4) is 11.8 Å². The molecule has 0 unspecified atom stereocenters. The van der Waals surface area contributed by atoms with Gasteiger partial charge in [0.05, 0.1) is 17.1 Å². The minimum atomic E-state index is -0.262. The molecule has 0 bridgehead atoms. The fraction of sp³-hybridized carbons (Fsp3) is 0.0625. The van der Waals surface area contributed by atoms with E-state index in [1.807, 2.05) is 12.1 Å². The molecule has 2 aromatic rings. The van der Waals surface area contributed by atoms with Crippen LogP contribution in [0.3, 0.4) is 0 Å². The van der Waals surface area contributed by atoms with Gasteiger partial charge in [-0.25, -0.2) is 0 Å². The van der Waals surface area contributed by atoms with E-state index in [-0.39, 0.29) is 12.5 Å². The second-order valence-electron chi connectivity index (χ2n) is 4.12. The zero-order valence-electron chi connectivity index (χ0n) is 10.8. The van der Waals surface area contributed by atoms with Crippen molar-refractivity contribution >= 4 is 45.0 Å². The lowest BCUT2D eigenvalue weighted by atomic mass is 10.2. The number of hydrogen-bond donors (Lipinski definition) is 1. The lowest BCUT2D eigenvalue weighted by Crippen LogP contribution is -2.23. The lowest BCUT2D eigenvalue weighted by molar-refractivity contribution is 0.0959. The number of carbonyl (C=O) groups excluding carboxylic acids is 1. The molecule has 0 aliphatic rings. The third-order valence-corrected chi connectivity index (χ3v) is 3.63. The number of benzene rings is 2. The summed E-state index contributed by atoms with van der Waals surface area (Å²) in [5, 5.41) is 3.73. The first-order valence-electron chi connectivity index (χ1n) is 6.04. The van der Waals surface area contributed by atoms with Crippen molar-refractivity contribution in [3.05, 3.63) is 68.1 Å². The van der Waals surface area contributed by atoms with Crippen molar-refractivity contribution in [3.63, 3.8) is 0 Å². The highest BCUT2D eigenvalue weighted by molar-refractivity contribution is 9.10. The Morgan fingerprint density at radius 1 is 1.19 bits per heavy atom. The van der Waals surface area contributed by atoms with E-state index >= 15 is 0 Å². The molecule has 0 aromatic heterocycles. The van der Waals surface area contributed by atoms with Crippen molar-refractivity contribution in [2.45, 2.75) is 0 Å². The van der Waals surface area contributed by atoms with Crippen LogP contribution in [0.15, 0.2) is 46.9 Å². The molecule has 1 amide bonds. The third kappa shape index (κ3) is 4.78. The van der Waals surface area contributed by atoms with Crippen LogP contribution in [0.4, 0.5) is 0 Å². The highest BCUT2D eigenvalue weighted by Gasteiger charge is 2.09. The topological polar surface area (TPSA) is 29.1 Å². The summed E-state index contributed by atoms with van der Waals surface area (Å²) in [6, 6.07) is 12.3. The van der Waals surface area contributed by atoms with Gasteiger partial charge in [0, 0.05) is 15.1 Å². The molecular formula is C16H10BrCl2NO. The van der Waals surface area contributed by atoms with E-state index in [9.17, 15) is 4.79 Å². The van der Waals surface area contributed by atoms with E-state index in [1.165, 1.54) is 0 Å². The Balaban J connectivity index is 1.98. The van der Waals surface area contributed by atoms with Crippen LogP contribution in [0.1, 0.15) is 15.9 Å². The van der Waals surface area contributed by atoms with Crippen molar-refractivity contribution in [1.82, 2.24) is 5.32 Å². The number of carbonyl (C=O) groups is 1. The van der Waals surface area contributed by atoms with E-state index in [4.69, 9.17) is 23.2 Å². The zero-order chi connectivity index (χ0) is 15.2. The molecule has 0 aliphatic heterocycles. The quantitative estimate of drug-likeness (QED) is 0.759.